The van der Waals surface area contributed by atoms with Crippen LogP contribution in [0.4, 0.5) is 4.39 Å². The van der Waals surface area contributed by atoms with Gasteiger partial charge in [0, 0.05) is 28.6 Å². The molecule has 96 valence electrons. The average Bonchev–Trinajstić information content (AvgIpc) is 2.30. The number of carboxylic acid groups (broad SMARTS) is 1. The molecule has 1 aromatic rings. The minimum absolute atomic E-state index is 0.0205. The third kappa shape index (κ3) is 3.89. The Kier molecular flexibility index (Phi) is 5.38. The molecular formula is C10H10ClFN4O2. The largest absolute Gasteiger partial charge is 0.480 e. The van der Waals surface area contributed by atoms with Crippen LogP contribution in [0, 0.1) is 5.82 Å². The number of carbonyl (C=O) groups is 1. The van der Waals surface area contributed by atoms with Crippen LogP contribution in [0.25, 0.3) is 10.4 Å². The van der Waals surface area contributed by atoms with Gasteiger partial charge in [-0.15, -0.1) is 0 Å². The van der Waals surface area contributed by atoms with Crippen LogP contribution in [0.5, 0.6) is 0 Å². The summed E-state index contributed by atoms with van der Waals surface area (Å²) in [7, 11) is 0. The quantitative estimate of drug-likeness (QED) is 0.360. The van der Waals surface area contributed by atoms with Crippen LogP contribution in [0.2, 0.25) is 5.02 Å². The van der Waals surface area contributed by atoms with E-state index >= 15 is 0 Å². The SMILES string of the molecule is [N-]=[N+]=NCCNC(C(=O)O)c1ccc(Cl)cc1F. The normalized spacial score (nSPS) is 11.7. The van der Waals surface area contributed by atoms with Crippen molar-refractivity contribution >= 4 is 17.6 Å². The van der Waals surface area contributed by atoms with Gasteiger partial charge in [-0.2, -0.15) is 0 Å². The summed E-state index contributed by atoms with van der Waals surface area (Å²) in [6.45, 7) is 0.207. The highest BCUT2D eigenvalue weighted by Crippen LogP contribution is 2.21. The Morgan fingerprint density at radius 2 is 2.39 bits per heavy atom. The monoisotopic (exact) mass is 272 g/mol. The minimum atomic E-state index is -1.22. The Morgan fingerprint density at radius 3 is 2.94 bits per heavy atom. The standard InChI is InChI=1S/C10H10ClFN4O2/c11-6-1-2-7(8(12)5-6)9(10(17)18)14-3-4-15-16-13/h1-2,5,9,14H,3-4H2,(H,17,18). The summed E-state index contributed by atoms with van der Waals surface area (Å²) in [6, 6.07) is 2.54. The van der Waals surface area contributed by atoms with Crippen LogP contribution in [0.3, 0.4) is 0 Å². The minimum Gasteiger partial charge on any atom is -0.480 e. The Morgan fingerprint density at radius 1 is 1.67 bits per heavy atom. The van der Waals surface area contributed by atoms with E-state index in [0.29, 0.717) is 0 Å². The van der Waals surface area contributed by atoms with Gasteiger partial charge in [-0.1, -0.05) is 22.8 Å². The van der Waals surface area contributed by atoms with E-state index in [1.165, 1.54) is 12.1 Å². The first-order chi connectivity index (χ1) is 8.56. The van der Waals surface area contributed by atoms with Gasteiger partial charge in [-0.3, -0.25) is 4.79 Å². The zero-order chi connectivity index (χ0) is 13.5. The topological polar surface area (TPSA) is 98.1 Å². The molecule has 1 atom stereocenters. The Labute approximate surface area is 107 Å². The molecule has 18 heavy (non-hydrogen) atoms. The number of halogens is 2. The highest BCUT2D eigenvalue weighted by atomic mass is 35.5. The lowest BCUT2D eigenvalue weighted by Crippen LogP contribution is -2.31. The van der Waals surface area contributed by atoms with E-state index < -0.39 is 17.8 Å². The van der Waals surface area contributed by atoms with Crippen LogP contribution in [-0.4, -0.2) is 24.2 Å². The van der Waals surface area contributed by atoms with Gasteiger partial charge in [0.2, 0.25) is 0 Å². The van der Waals surface area contributed by atoms with Gasteiger partial charge in [0.25, 0.3) is 0 Å². The summed E-state index contributed by atoms with van der Waals surface area (Å²) >= 11 is 5.58. The third-order valence-corrected chi connectivity index (χ3v) is 2.38. The Bertz CT molecular complexity index is 491. The van der Waals surface area contributed by atoms with Crippen molar-refractivity contribution in [3.05, 3.63) is 45.0 Å². The van der Waals surface area contributed by atoms with Crippen molar-refractivity contribution in [1.29, 1.82) is 0 Å². The Hall–Kier alpha value is -1.82. The Balaban J connectivity index is 2.84. The van der Waals surface area contributed by atoms with E-state index in [1.807, 2.05) is 0 Å². The molecule has 1 aromatic carbocycles. The maximum atomic E-state index is 13.6. The van der Waals surface area contributed by atoms with Crippen molar-refractivity contribution < 1.29 is 14.3 Å². The van der Waals surface area contributed by atoms with Crippen molar-refractivity contribution in [3.63, 3.8) is 0 Å². The van der Waals surface area contributed by atoms with Crippen molar-refractivity contribution in [1.82, 2.24) is 5.32 Å². The summed E-state index contributed by atoms with van der Waals surface area (Å²) in [5, 5.41) is 15.0. The second-order valence-corrected chi connectivity index (χ2v) is 3.78. The highest BCUT2D eigenvalue weighted by Gasteiger charge is 2.22. The molecule has 6 nitrogen and oxygen atoms in total. The molecule has 1 unspecified atom stereocenters. The molecule has 0 fully saturated rings. The van der Waals surface area contributed by atoms with Gasteiger partial charge in [-0.25, -0.2) is 4.39 Å². The van der Waals surface area contributed by atoms with Crippen LogP contribution >= 0.6 is 11.6 Å². The van der Waals surface area contributed by atoms with Crippen molar-refractivity contribution in [2.45, 2.75) is 6.04 Å². The molecule has 0 bridgehead atoms. The van der Waals surface area contributed by atoms with Gasteiger partial charge in [0.1, 0.15) is 11.9 Å². The fraction of sp³-hybridized carbons (Fsp3) is 0.300. The lowest BCUT2D eigenvalue weighted by atomic mass is 10.1. The van der Waals surface area contributed by atoms with E-state index in [1.54, 1.807) is 0 Å². The summed E-state index contributed by atoms with van der Waals surface area (Å²) in [5.74, 6) is -1.93. The first-order valence-corrected chi connectivity index (χ1v) is 5.36. The van der Waals surface area contributed by atoms with E-state index in [2.05, 4.69) is 15.3 Å². The molecular weight excluding hydrogens is 263 g/mol. The number of aliphatic carboxylic acids is 1. The second-order valence-electron chi connectivity index (χ2n) is 3.35. The van der Waals surface area contributed by atoms with Crippen LogP contribution in [-0.2, 0) is 4.79 Å². The molecule has 0 aliphatic carbocycles. The molecule has 0 spiro atoms. The predicted octanol–water partition coefficient (Wildman–Crippen LogP) is 2.50. The van der Waals surface area contributed by atoms with Gasteiger partial charge >= 0.3 is 5.97 Å². The third-order valence-electron chi connectivity index (χ3n) is 2.14. The molecule has 2 N–H and O–H groups in total. The summed E-state index contributed by atoms with van der Waals surface area (Å²) in [6.07, 6.45) is 0. The first-order valence-electron chi connectivity index (χ1n) is 4.98. The number of rotatable bonds is 6. The molecule has 0 saturated carbocycles. The molecule has 8 heteroatoms. The molecule has 0 heterocycles. The summed E-state index contributed by atoms with van der Waals surface area (Å²) < 4.78 is 13.6. The number of nitrogens with zero attached hydrogens (tertiary/aromatic N) is 3. The summed E-state index contributed by atoms with van der Waals surface area (Å²) in [4.78, 5) is 13.6. The van der Waals surface area contributed by atoms with E-state index in [9.17, 15) is 9.18 Å². The fourth-order valence-corrected chi connectivity index (χ4v) is 1.53. The second kappa shape index (κ2) is 6.80. The molecule has 1 rings (SSSR count). The van der Waals surface area contributed by atoms with Crippen LogP contribution in [0.1, 0.15) is 11.6 Å². The molecule has 0 aromatic heterocycles. The van der Waals surface area contributed by atoms with Crippen LogP contribution < -0.4 is 5.32 Å². The van der Waals surface area contributed by atoms with Gasteiger partial charge in [0.15, 0.2) is 0 Å². The first kappa shape index (κ1) is 14.2. The fourth-order valence-electron chi connectivity index (χ4n) is 1.37. The molecule has 0 saturated heterocycles. The zero-order valence-electron chi connectivity index (χ0n) is 9.18. The number of hydrogen-bond acceptors (Lipinski definition) is 3. The zero-order valence-corrected chi connectivity index (χ0v) is 9.93. The number of hydrogen-bond donors (Lipinski definition) is 2. The van der Waals surface area contributed by atoms with Gasteiger partial charge in [0.05, 0.1) is 0 Å². The molecule has 0 radical (unpaired) electrons. The number of azide groups is 1. The number of carboxylic acids is 1. The van der Waals surface area contributed by atoms with Gasteiger partial charge in [-0.05, 0) is 17.7 Å². The van der Waals surface area contributed by atoms with Crippen LogP contribution in [0.15, 0.2) is 23.3 Å². The average molecular weight is 273 g/mol. The lowest BCUT2D eigenvalue weighted by molar-refractivity contribution is -0.139. The van der Waals surface area contributed by atoms with E-state index in [0.717, 1.165) is 6.07 Å². The van der Waals surface area contributed by atoms with Crippen molar-refractivity contribution in [2.24, 2.45) is 5.11 Å². The molecule has 0 amide bonds. The lowest BCUT2D eigenvalue weighted by Gasteiger charge is -2.15. The smallest absolute Gasteiger partial charge is 0.325 e. The highest BCUT2D eigenvalue weighted by molar-refractivity contribution is 6.30. The molecule has 0 aliphatic heterocycles. The van der Waals surface area contributed by atoms with E-state index in [-0.39, 0.29) is 23.7 Å². The number of nitrogens with one attached hydrogen (secondary N) is 1. The maximum Gasteiger partial charge on any atom is 0.325 e. The van der Waals surface area contributed by atoms with Gasteiger partial charge < -0.3 is 10.4 Å². The van der Waals surface area contributed by atoms with Crippen molar-refractivity contribution in [2.75, 3.05) is 13.1 Å². The molecule has 0 aliphatic rings. The summed E-state index contributed by atoms with van der Waals surface area (Å²) in [5.41, 5.74) is 8.05. The van der Waals surface area contributed by atoms with Crippen molar-refractivity contribution in [3.8, 4) is 0 Å². The van der Waals surface area contributed by atoms with E-state index in [4.69, 9.17) is 22.2 Å². The number of benzene rings is 1. The predicted molar refractivity (Wildman–Crippen MR) is 63.8 cm³/mol. The maximum absolute atomic E-state index is 13.6.